The summed E-state index contributed by atoms with van der Waals surface area (Å²) < 4.78 is 2.23. The van der Waals surface area contributed by atoms with E-state index in [1.54, 1.807) is 0 Å². The lowest BCUT2D eigenvalue weighted by Gasteiger charge is -2.11. The molecule has 0 aliphatic rings. The van der Waals surface area contributed by atoms with Gasteiger partial charge in [-0.2, -0.15) is 0 Å². The summed E-state index contributed by atoms with van der Waals surface area (Å²) in [7, 11) is 2.13. The molecule has 26 heavy (non-hydrogen) atoms. The second-order valence-corrected chi connectivity index (χ2v) is 5.84. The van der Waals surface area contributed by atoms with E-state index in [0.29, 0.717) is 0 Å². The number of benzene rings is 3. The fourth-order valence-electron chi connectivity index (χ4n) is 3.32. The smallest absolute Gasteiger partial charge is 0.200 e. The van der Waals surface area contributed by atoms with Crippen LogP contribution >= 0.6 is 0 Å². The van der Waals surface area contributed by atoms with Crippen molar-refractivity contribution in [2.24, 2.45) is 7.05 Å². The summed E-state index contributed by atoms with van der Waals surface area (Å²) in [5, 5.41) is 5.18. The van der Waals surface area contributed by atoms with Gasteiger partial charge >= 0.3 is 0 Å². The number of hydrogen-bond donors (Lipinski definition) is 0. The van der Waals surface area contributed by atoms with Crippen LogP contribution in [-0.4, -0.2) is 0 Å². The fourth-order valence-corrected chi connectivity index (χ4v) is 3.32. The molecule has 0 aliphatic carbocycles. The Kier molecular flexibility index (Phi) is 6.91. The summed E-state index contributed by atoms with van der Waals surface area (Å²) in [6, 6.07) is 23.8. The van der Waals surface area contributed by atoms with Gasteiger partial charge in [0.25, 0.3) is 0 Å². The molecular formula is C25H30N+. The SMILES string of the molecule is CC.CC.Cc1ccc2ccccc2c1-c1c2ccccc2cc[n+]1C. The van der Waals surface area contributed by atoms with Crippen molar-refractivity contribution in [3.8, 4) is 11.3 Å². The Bertz CT molecular complexity index is 916. The maximum absolute atomic E-state index is 2.23. The monoisotopic (exact) mass is 344 g/mol. The summed E-state index contributed by atoms with van der Waals surface area (Å²) in [5.41, 5.74) is 3.93. The van der Waals surface area contributed by atoms with E-state index >= 15 is 0 Å². The van der Waals surface area contributed by atoms with Crippen molar-refractivity contribution in [2.75, 3.05) is 0 Å². The van der Waals surface area contributed by atoms with Gasteiger partial charge in [-0.3, -0.25) is 0 Å². The first-order valence-corrected chi connectivity index (χ1v) is 9.62. The van der Waals surface area contributed by atoms with Gasteiger partial charge in [0.1, 0.15) is 7.05 Å². The molecule has 1 heterocycles. The van der Waals surface area contributed by atoms with Crippen LogP contribution in [0.4, 0.5) is 0 Å². The normalized spacial score (nSPS) is 9.92. The number of nitrogens with zero attached hydrogens (tertiary/aromatic N) is 1. The molecule has 1 heteroatoms. The molecule has 0 saturated heterocycles. The van der Waals surface area contributed by atoms with Crippen LogP contribution in [0.25, 0.3) is 32.8 Å². The molecule has 3 aromatic carbocycles. The molecule has 4 rings (SSSR count). The van der Waals surface area contributed by atoms with E-state index < -0.39 is 0 Å². The third-order valence-electron chi connectivity index (χ3n) is 4.42. The van der Waals surface area contributed by atoms with Crippen LogP contribution < -0.4 is 4.57 Å². The summed E-state index contributed by atoms with van der Waals surface area (Å²) in [4.78, 5) is 0. The Labute approximate surface area is 157 Å². The van der Waals surface area contributed by atoms with Gasteiger partial charge in [-0.25, -0.2) is 4.57 Å². The summed E-state index contributed by atoms with van der Waals surface area (Å²) in [6.07, 6.45) is 2.15. The van der Waals surface area contributed by atoms with Gasteiger partial charge in [0.05, 0.1) is 10.9 Å². The van der Waals surface area contributed by atoms with Crippen molar-refractivity contribution in [1.82, 2.24) is 0 Å². The van der Waals surface area contributed by atoms with Gasteiger partial charge in [-0.15, -0.1) is 0 Å². The zero-order valence-electron chi connectivity index (χ0n) is 16.9. The highest BCUT2D eigenvalue weighted by molar-refractivity contribution is 6.03. The third-order valence-corrected chi connectivity index (χ3v) is 4.42. The number of aromatic nitrogens is 1. The highest BCUT2D eigenvalue weighted by Crippen LogP contribution is 2.33. The van der Waals surface area contributed by atoms with Crippen molar-refractivity contribution < 1.29 is 4.57 Å². The molecular weight excluding hydrogens is 314 g/mol. The lowest BCUT2D eigenvalue weighted by Crippen LogP contribution is -2.30. The van der Waals surface area contributed by atoms with E-state index in [-0.39, 0.29) is 0 Å². The number of pyridine rings is 1. The summed E-state index contributed by atoms with van der Waals surface area (Å²) in [6.45, 7) is 10.2. The molecule has 0 saturated carbocycles. The first kappa shape index (κ1) is 19.7. The first-order chi connectivity index (χ1) is 12.8. The standard InChI is InChI=1S/C21H18N.2C2H6/c1-15-11-12-16-7-3-5-9-18(16)20(15)21-19-10-6-4-8-17(19)13-14-22(21)2;2*1-2/h3-14H,1-2H3;2*1-2H3/q+1;;. The maximum atomic E-state index is 2.23. The van der Waals surface area contributed by atoms with Crippen LogP contribution in [0.1, 0.15) is 33.3 Å². The molecule has 0 fully saturated rings. The van der Waals surface area contributed by atoms with E-state index in [2.05, 4.69) is 91.5 Å². The van der Waals surface area contributed by atoms with Gasteiger partial charge in [-0.1, -0.05) is 82.3 Å². The predicted molar refractivity (Wildman–Crippen MR) is 115 cm³/mol. The van der Waals surface area contributed by atoms with Crippen LogP contribution in [0, 0.1) is 6.92 Å². The molecule has 0 aliphatic heterocycles. The van der Waals surface area contributed by atoms with E-state index in [1.807, 2.05) is 27.7 Å². The number of rotatable bonds is 1. The maximum Gasteiger partial charge on any atom is 0.221 e. The quantitative estimate of drug-likeness (QED) is 0.333. The molecule has 0 unspecified atom stereocenters. The average molecular weight is 345 g/mol. The van der Waals surface area contributed by atoms with Crippen LogP contribution in [0.15, 0.2) is 72.9 Å². The molecule has 0 spiro atoms. The van der Waals surface area contributed by atoms with Crippen LogP contribution in [-0.2, 0) is 7.05 Å². The average Bonchev–Trinajstić information content (AvgIpc) is 2.72. The minimum Gasteiger partial charge on any atom is -0.200 e. The highest BCUT2D eigenvalue weighted by Gasteiger charge is 2.19. The Morgan fingerprint density at radius 1 is 0.615 bits per heavy atom. The number of hydrogen-bond acceptors (Lipinski definition) is 0. The van der Waals surface area contributed by atoms with Gasteiger partial charge in [-0.05, 0) is 34.7 Å². The van der Waals surface area contributed by atoms with Gasteiger partial charge in [0, 0.05) is 6.07 Å². The van der Waals surface area contributed by atoms with Crippen molar-refractivity contribution in [2.45, 2.75) is 34.6 Å². The van der Waals surface area contributed by atoms with Gasteiger partial charge in [0.2, 0.25) is 5.69 Å². The molecule has 4 aromatic rings. The van der Waals surface area contributed by atoms with Crippen molar-refractivity contribution in [3.05, 3.63) is 78.5 Å². The zero-order chi connectivity index (χ0) is 19.1. The molecule has 0 amide bonds. The Morgan fingerprint density at radius 2 is 1.15 bits per heavy atom. The lowest BCUT2D eigenvalue weighted by molar-refractivity contribution is -0.659. The van der Waals surface area contributed by atoms with E-state index in [9.17, 15) is 0 Å². The molecule has 0 bridgehead atoms. The van der Waals surface area contributed by atoms with Crippen molar-refractivity contribution in [1.29, 1.82) is 0 Å². The summed E-state index contributed by atoms with van der Waals surface area (Å²) >= 11 is 0. The Morgan fingerprint density at radius 3 is 1.81 bits per heavy atom. The van der Waals surface area contributed by atoms with Crippen LogP contribution in [0.3, 0.4) is 0 Å². The first-order valence-electron chi connectivity index (χ1n) is 9.62. The fraction of sp³-hybridized carbons (Fsp3) is 0.240. The number of aryl methyl sites for hydroxylation is 2. The molecule has 0 N–H and O–H groups in total. The molecule has 1 aromatic heterocycles. The zero-order valence-corrected chi connectivity index (χ0v) is 16.9. The topological polar surface area (TPSA) is 3.88 Å². The van der Waals surface area contributed by atoms with Gasteiger partial charge < -0.3 is 0 Å². The lowest BCUT2D eigenvalue weighted by atomic mass is 9.94. The minimum atomic E-state index is 1.28. The molecule has 1 nitrogen and oxygen atoms in total. The van der Waals surface area contributed by atoms with Gasteiger partial charge in [0.15, 0.2) is 6.20 Å². The van der Waals surface area contributed by atoms with E-state index in [4.69, 9.17) is 0 Å². The minimum absolute atomic E-state index is 1.28. The van der Waals surface area contributed by atoms with Crippen LogP contribution in [0.5, 0.6) is 0 Å². The number of fused-ring (bicyclic) bond motifs is 2. The highest BCUT2D eigenvalue weighted by atomic mass is 14.9. The predicted octanol–water partition coefficient (Wildman–Crippen LogP) is 6.85. The van der Waals surface area contributed by atoms with Crippen molar-refractivity contribution >= 4 is 21.5 Å². The molecule has 0 atom stereocenters. The summed E-state index contributed by atoms with van der Waals surface area (Å²) in [5.74, 6) is 0. The largest absolute Gasteiger partial charge is 0.221 e. The Balaban J connectivity index is 0.000000570. The second-order valence-electron chi connectivity index (χ2n) is 5.84. The molecule has 0 radical (unpaired) electrons. The Hall–Kier alpha value is -2.67. The van der Waals surface area contributed by atoms with Crippen molar-refractivity contribution in [3.63, 3.8) is 0 Å². The molecule has 134 valence electrons. The van der Waals surface area contributed by atoms with Crippen LogP contribution in [0.2, 0.25) is 0 Å². The van der Waals surface area contributed by atoms with E-state index in [1.165, 1.54) is 38.4 Å². The second kappa shape index (κ2) is 9.15. The third kappa shape index (κ3) is 3.62. The van der Waals surface area contributed by atoms with E-state index in [0.717, 1.165) is 0 Å².